The average Bonchev–Trinajstić information content (AvgIpc) is 3.35. The Morgan fingerprint density at radius 3 is 1.79 bits per heavy atom. The molecule has 0 spiro atoms. The lowest BCUT2D eigenvalue weighted by molar-refractivity contribution is -0.344. The van der Waals surface area contributed by atoms with Gasteiger partial charge in [0.05, 0.1) is 0 Å². The minimum atomic E-state index is 0.799. The van der Waals surface area contributed by atoms with Crippen LogP contribution in [0.3, 0.4) is 0 Å². The zero-order valence-corrected chi connectivity index (χ0v) is 27.0. The van der Waals surface area contributed by atoms with Crippen molar-refractivity contribution in [2.24, 2.45) is 0 Å². The maximum atomic E-state index is 11.5. The highest BCUT2D eigenvalue weighted by Gasteiger charge is 2.28. The lowest BCUT2D eigenvalue weighted by Gasteiger charge is -2.10. The second kappa shape index (κ2) is 20.1. The Morgan fingerprint density at radius 2 is 1.17 bits per heavy atom. The Balaban J connectivity index is 1.60. The Bertz CT molecular complexity index is 1200. The highest BCUT2D eigenvalue weighted by Crippen LogP contribution is 2.35. The lowest BCUT2D eigenvalue weighted by atomic mass is 10.0. The third-order valence-corrected chi connectivity index (χ3v) is 8.44. The van der Waals surface area contributed by atoms with Crippen LogP contribution in [-0.4, -0.2) is 4.70 Å². The van der Waals surface area contributed by atoms with E-state index in [1.807, 2.05) is 0 Å². The first kappa shape index (κ1) is 33.6. The molecular formula is C40H56N2. The van der Waals surface area contributed by atoms with Crippen molar-refractivity contribution in [3.05, 3.63) is 88.0 Å². The molecule has 0 atom stereocenters. The van der Waals surface area contributed by atoms with Gasteiger partial charge in [0.15, 0.2) is 0 Å². The van der Waals surface area contributed by atoms with Gasteiger partial charge < -0.3 is 5.53 Å². The normalized spacial score (nSPS) is 12.9. The standard InChI is InChI=1S/C40H56N2/c1-4-7-10-11-12-13-14-15-16-17-18-19-20-21-26-38-33-39(37-27-22-25-35(32-37)24-9-6-3)42(41)40(38)36-30-28-34(29-31-36)23-8-5-2/h22,25,27-33H,4-20,23-24H2,1-3H3. The second-order valence-electron chi connectivity index (χ2n) is 12.1. The Hall–Kier alpha value is -2.92. The molecule has 0 aromatic heterocycles. The zero-order chi connectivity index (χ0) is 29.8. The molecule has 42 heavy (non-hydrogen) atoms. The molecule has 2 aromatic rings. The fourth-order valence-electron chi connectivity index (χ4n) is 5.77. The van der Waals surface area contributed by atoms with Crippen LogP contribution in [0.5, 0.6) is 0 Å². The van der Waals surface area contributed by atoms with Gasteiger partial charge in [-0.3, -0.25) is 0 Å². The van der Waals surface area contributed by atoms with Gasteiger partial charge in [0.25, 0.3) is 0 Å². The summed E-state index contributed by atoms with van der Waals surface area (Å²) in [6.07, 6.45) is 26.2. The van der Waals surface area contributed by atoms with E-state index in [0.29, 0.717) is 0 Å². The van der Waals surface area contributed by atoms with Crippen LogP contribution in [0.1, 0.15) is 152 Å². The van der Waals surface area contributed by atoms with E-state index in [0.717, 1.165) is 53.8 Å². The quantitative estimate of drug-likeness (QED) is 0.0868. The first-order valence-corrected chi connectivity index (χ1v) is 17.3. The summed E-state index contributed by atoms with van der Waals surface area (Å²) in [5.74, 6) is 6.89. The van der Waals surface area contributed by atoms with Crippen LogP contribution in [0.25, 0.3) is 16.9 Å². The molecule has 0 aliphatic carbocycles. The Labute approximate surface area is 258 Å². The molecule has 1 aliphatic heterocycles. The Kier molecular flexibility index (Phi) is 16.0. The van der Waals surface area contributed by atoms with Gasteiger partial charge in [-0.1, -0.05) is 140 Å². The van der Waals surface area contributed by atoms with Crippen molar-refractivity contribution >= 4 is 11.4 Å². The molecule has 0 radical (unpaired) electrons. The summed E-state index contributed by atoms with van der Waals surface area (Å²) in [6, 6.07) is 17.3. The van der Waals surface area contributed by atoms with Crippen LogP contribution in [0.15, 0.2) is 60.2 Å². The highest BCUT2D eigenvalue weighted by atomic mass is 15.2. The second-order valence-corrected chi connectivity index (χ2v) is 12.1. The lowest BCUT2D eigenvalue weighted by Crippen LogP contribution is -2.02. The maximum Gasteiger partial charge on any atom is 0.223 e. The summed E-state index contributed by atoms with van der Waals surface area (Å²) in [7, 11) is 0. The topological polar surface area (TPSA) is 25.3 Å². The van der Waals surface area contributed by atoms with Crippen molar-refractivity contribution in [2.75, 3.05) is 0 Å². The maximum absolute atomic E-state index is 11.5. The molecule has 0 saturated heterocycles. The molecular weight excluding hydrogens is 508 g/mol. The van der Waals surface area contributed by atoms with Gasteiger partial charge in [0.1, 0.15) is 5.57 Å². The summed E-state index contributed by atoms with van der Waals surface area (Å²) in [6.45, 7) is 6.74. The van der Waals surface area contributed by atoms with Gasteiger partial charge >= 0.3 is 0 Å². The molecule has 0 fully saturated rings. The van der Waals surface area contributed by atoms with Crippen molar-refractivity contribution in [3.8, 4) is 11.8 Å². The third-order valence-electron chi connectivity index (χ3n) is 8.44. The van der Waals surface area contributed by atoms with Crippen molar-refractivity contribution in [2.45, 2.75) is 143 Å². The Morgan fingerprint density at radius 1 is 0.595 bits per heavy atom. The fraction of sp³-hybridized carbons (Fsp3) is 0.550. The molecule has 0 unspecified atom stereocenters. The molecule has 2 nitrogen and oxygen atoms in total. The average molecular weight is 565 g/mol. The number of nitrogens with zero attached hydrogens (tertiary/aromatic N) is 2. The molecule has 2 heteroatoms. The molecule has 0 N–H and O–H groups in total. The van der Waals surface area contributed by atoms with Crippen LogP contribution in [0.2, 0.25) is 0 Å². The highest BCUT2D eigenvalue weighted by molar-refractivity contribution is 5.81. The summed E-state index contributed by atoms with van der Waals surface area (Å²) in [5.41, 5.74) is 18.7. The van der Waals surface area contributed by atoms with Crippen LogP contribution in [-0.2, 0) is 12.8 Å². The zero-order valence-electron chi connectivity index (χ0n) is 27.0. The number of benzene rings is 2. The monoisotopic (exact) mass is 564 g/mol. The van der Waals surface area contributed by atoms with Crippen LogP contribution >= 0.6 is 0 Å². The van der Waals surface area contributed by atoms with Gasteiger partial charge in [-0.05, 0) is 67.5 Å². The van der Waals surface area contributed by atoms with E-state index in [2.05, 4.69) is 87.2 Å². The van der Waals surface area contributed by atoms with Crippen molar-refractivity contribution in [1.82, 2.24) is 0 Å². The van der Waals surface area contributed by atoms with Gasteiger partial charge in [0, 0.05) is 23.6 Å². The van der Waals surface area contributed by atoms with Gasteiger partial charge in [-0.25, -0.2) is 4.70 Å². The summed E-state index contributed by atoms with van der Waals surface area (Å²) in [5, 5.41) is 0. The third kappa shape index (κ3) is 11.4. The van der Waals surface area contributed by atoms with Crippen LogP contribution in [0.4, 0.5) is 0 Å². The van der Waals surface area contributed by atoms with E-state index in [-0.39, 0.29) is 0 Å². The number of allylic oxidation sites excluding steroid dienone is 2. The number of hydrogen-bond donors (Lipinski definition) is 0. The van der Waals surface area contributed by atoms with Crippen molar-refractivity contribution in [3.63, 3.8) is 0 Å². The summed E-state index contributed by atoms with van der Waals surface area (Å²) >= 11 is 0. The van der Waals surface area contributed by atoms with Crippen LogP contribution < -0.4 is 0 Å². The molecule has 1 heterocycles. The fourth-order valence-corrected chi connectivity index (χ4v) is 5.77. The molecule has 0 amide bonds. The first-order valence-electron chi connectivity index (χ1n) is 17.3. The SMILES string of the molecule is CCCCCCCCCCCCCCC#CC1=C(c2ccc(CCCC)cc2)[N+](=[N-])C(c2cccc(CCCC)c2)=C1. The molecule has 0 bridgehead atoms. The molecule has 2 aromatic carbocycles. The van der Waals surface area contributed by atoms with Gasteiger partial charge in [-0.2, -0.15) is 0 Å². The number of aryl methyl sites for hydroxylation is 2. The molecule has 226 valence electrons. The molecule has 1 aliphatic rings. The van der Waals surface area contributed by atoms with E-state index in [1.54, 1.807) is 0 Å². The van der Waals surface area contributed by atoms with E-state index in [4.69, 9.17) is 0 Å². The van der Waals surface area contributed by atoms with E-state index < -0.39 is 0 Å². The summed E-state index contributed by atoms with van der Waals surface area (Å²) in [4.78, 5) is 0. The molecule has 0 saturated carbocycles. The van der Waals surface area contributed by atoms with E-state index in [9.17, 15) is 5.53 Å². The van der Waals surface area contributed by atoms with Gasteiger partial charge in [-0.15, -0.1) is 0 Å². The summed E-state index contributed by atoms with van der Waals surface area (Å²) < 4.78 is 1.37. The minimum Gasteiger partial charge on any atom is -0.493 e. The number of hydrogen-bond acceptors (Lipinski definition) is 0. The largest absolute Gasteiger partial charge is 0.493 e. The van der Waals surface area contributed by atoms with Gasteiger partial charge in [0.2, 0.25) is 11.4 Å². The van der Waals surface area contributed by atoms with Crippen LogP contribution in [0, 0.1) is 11.8 Å². The van der Waals surface area contributed by atoms with E-state index in [1.165, 1.54) is 112 Å². The minimum absolute atomic E-state index is 0.799. The van der Waals surface area contributed by atoms with Crippen molar-refractivity contribution in [1.29, 1.82) is 0 Å². The number of unbranched alkanes of at least 4 members (excludes halogenated alkanes) is 14. The molecule has 3 rings (SSSR count). The predicted molar refractivity (Wildman–Crippen MR) is 182 cm³/mol. The first-order chi connectivity index (χ1) is 20.7. The number of rotatable bonds is 20. The van der Waals surface area contributed by atoms with E-state index >= 15 is 0 Å². The smallest absolute Gasteiger partial charge is 0.223 e. The van der Waals surface area contributed by atoms with Crippen molar-refractivity contribution < 1.29 is 4.70 Å². The predicted octanol–water partition coefficient (Wildman–Crippen LogP) is 12.3.